The molecule has 2 heterocycles. The van der Waals surface area contributed by atoms with Crippen LogP contribution in [0.5, 0.6) is 0 Å². The van der Waals surface area contributed by atoms with Crippen molar-refractivity contribution in [2.75, 3.05) is 11.1 Å². The summed E-state index contributed by atoms with van der Waals surface area (Å²) >= 11 is 7.18. The van der Waals surface area contributed by atoms with Gasteiger partial charge >= 0.3 is 0 Å². The van der Waals surface area contributed by atoms with Crippen LogP contribution in [-0.4, -0.2) is 31.6 Å². The van der Waals surface area contributed by atoms with Crippen molar-refractivity contribution in [3.8, 4) is 0 Å². The van der Waals surface area contributed by atoms with Crippen LogP contribution in [0.4, 0.5) is 5.69 Å². The number of fused-ring (bicyclic) bond motifs is 1. The molecular weight excluding hydrogens is 338 g/mol. The summed E-state index contributed by atoms with van der Waals surface area (Å²) in [5.41, 5.74) is 1.86. The number of nitrogens with one attached hydrogen (secondary N) is 3. The molecule has 0 bridgehead atoms. The summed E-state index contributed by atoms with van der Waals surface area (Å²) in [4.78, 5) is 37.2. The second kappa shape index (κ2) is 6.43. The van der Waals surface area contributed by atoms with Crippen molar-refractivity contribution in [3.05, 3.63) is 45.5 Å². The van der Waals surface area contributed by atoms with E-state index in [2.05, 4.69) is 25.3 Å². The Morgan fingerprint density at radius 1 is 1.43 bits per heavy atom. The summed E-state index contributed by atoms with van der Waals surface area (Å²) in [5.74, 6) is -0.158. The lowest BCUT2D eigenvalue weighted by atomic mass is 10.2. The number of hydrogen-bond acceptors (Lipinski definition) is 5. The molecule has 3 rings (SSSR count). The van der Waals surface area contributed by atoms with Gasteiger partial charge in [0, 0.05) is 0 Å². The van der Waals surface area contributed by atoms with E-state index in [1.165, 1.54) is 6.33 Å². The molecule has 0 radical (unpaired) electrons. The number of carbonyl (C=O) groups is 1. The number of anilines is 1. The van der Waals surface area contributed by atoms with Gasteiger partial charge in [-0.15, -0.1) is 0 Å². The van der Waals surface area contributed by atoms with E-state index in [1.807, 2.05) is 13.0 Å². The Labute approximate surface area is 139 Å². The molecule has 0 saturated heterocycles. The number of halogens is 1. The maximum absolute atomic E-state index is 12.0. The number of rotatable bonds is 4. The third-order valence-electron chi connectivity index (χ3n) is 3.01. The largest absolute Gasteiger partial charge is 0.339 e. The standard InChI is InChI=1S/C14H12ClN5O2S/c1-7-2-3-9(8(15)4-7)18-10(21)5-23-14-19-12-11(13(22)20-14)16-6-17-12/h2-4,6H,5H2,1H3,(H,18,21)(H2,16,17,19,20,22). The minimum Gasteiger partial charge on any atom is -0.339 e. The molecule has 9 heteroatoms. The minimum atomic E-state index is -0.322. The predicted molar refractivity (Wildman–Crippen MR) is 90.1 cm³/mol. The summed E-state index contributed by atoms with van der Waals surface area (Å²) in [6, 6.07) is 5.38. The zero-order valence-corrected chi connectivity index (χ0v) is 13.6. The lowest BCUT2D eigenvalue weighted by Crippen LogP contribution is -2.16. The number of thioether (sulfide) groups is 1. The molecular formula is C14H12ClN5O2S. The molecule has 0 aliphatic rings. The fraction of sp³-hybridized carbons (Fsp3) is 0.143. The number of carbonyl (C=O) groups excluding carboxylic acids is 1. The Hall–Kier alpha value is -2.32. The van der Waals surface area contributed by atoms with Crippen molar-refractivity contribution < 1.29 is 4.79 Å². The van der Waals surface area contributed by atoms with E-state index in [0.29, 0.717) is 27.0 Å². The maximum Gasteiger partial charge on any atom is 0.277 e. The van der Waals surface area contributed by atoms with Crippen LogP contribution in [0.25, 0.3) is 11.2 Å². The second-order valence-electron chi connectivity index (χ2n) is 4.79. The van der Waals surface area contributed by atoms with Gasteiger partial charge in [0.2, 0.25) is 5.91 Å². The van der Waals surface area contributed by atoms with Crippen molar-refractivity contribution >= 4 is 46.1 Å². The van der Waals surface area contributed by atoms with E-state index < -0.39 is 0 Å². The van der Waals surface area contributed by atoms with Crippen molar-refractivity contribution in [2.24, 2.45) is 0 Å². The first kappa shape index (κ1) is 15.6. The summed E-state index contributed by atoms with van der Waals surface area (Å²) in [6.45, 7) is 1.92. The zero-order valence-electron chi connectivity index (χ0n) is 12.0. The number of imidazole rings is 1. The van der Waals surface area contributed by atoms with Gasteiger partial charge in [0.05, 0.1) is 22.8 Å². The fourth-order valence-electron chi connectivity index (χ4n) is 1.93. The first-order valence-corrected chi connectivity index (χ1v) is 8.01. The highest BCUT2D eigenvalue weighted by Gasteiger charge is 2.10. The van der Waals surface area contributed by atoms with Gasteiger partial charge in [-0.05, 0) is 24.6 Å². The first-order chi connectivity index (χ1) is 11.0. The molecule has 1 amide bonds. The lowest BCUT2D eigenvalue weighted by Gasteiger charge is -2.07. The van der Waals surface area contributed by atoms with Gasteiger partial charge in [-0.2, -0.15) is 0 Å². The van der Waals surface area contributed by atoms with Crippen molar-refractivity contribution in [1.29, 1.82) is 0 Å². The van der Waals surface area contributed by atoms with Crippen molar-refractivity contribution in [1.82, 2.24) is 19.9 Å². The zero-order chi connectivity index (χ0) is 16.4. The topological polar surface area (TPSA) is 104 Å². The summed E-state index contributed by atoms with van der Waals surface area (Å²) in [7, 11) is 0. The highest BCUT2D eigenvalue weighted by atomic mass is 35.5. The number of H-pyrrole nitrogens is 2. The Morgan fingerprint density at radius 2 is 2.26 bits per heavy atom. The van der Waals surface area contributed by atoms with Gasteiger partial charge in [-0.25, -0.2) is 9.97 Å². The number of nitrogens with zero attached hydrogens (tertiary/aromatic N) is 2. The van der Waals surface area contributed by atoms with Gasteiger partial charge in [0.25, 0.3) is 5.56 Å². The van der Waals surface area contributed by atoms with Gasteiger partial charge in [0.1, 0.15) is 0 Å². The molecule has 1 aromatic carbocycles. The molecule has 118 valence electrons. The molecule has 0 unspecified atom stereocenters. The van der Waals surface area contributed by atoms with Crippen LogP contribution < -0.4 is 10.9 Å². The van der Waals surface area contributed by atoms with Crippen molar-refractivity contribution in [2.45, 2.75) is 12.1 Å². The molecule has 7 nitrogen and oxygen atoms in total. The number of aryl methyl sites for hydroxylation is 1. The molecule has 0 aliphatic carbocycles. The molecule has 0 saturated carbocycles. The minimum absolute atomic E-state index is 0.0864. The number of aromatic amines is 2. The summed E-state index contributed by atoms with van der Waals surface area (Å²) < 4.78 is 0. The molecule has 3 aromatic rings. The summed E-state index contributed by atoms with van der Waals surface area (Å²) in [6.07, 6.45) is 1.40. The predicted octanol–water partition coefficient (Wildman–Crippen LogP) is 2.34. The molecule has 0 spiro atoms. The van der Waals surface area contributed by atoms with E-state index in [0.717, 1.165) is 17.3 Å². The van der Waals surface area contributed by atoms with Gasteiger partial charge in [-0.1, -0.05) is 29.4 Å². The molecule has 3 N–H and O–H groups in total. The Balaban J connectivity index is 1.67. The smallest absolute Gasteiger partial charge is 0.277 e. The van der Waals surface area contributed by atoms with E-state index >= 15 is 0 Å². The third-order valence-corrected chi connectivity index (χ3v) is 4.20. The van der Waals surface area contributed by atoms with E-state index in [9.17, 15) is 9.59 Å². The van der Waals surface area contributed by atoms with E-state index in [1.54, 1.807) is 12.1 Å². The van der Waals surface area contributed by atoms with Crippen LogP contribution in [0.3, 0.4) is 0 Å². The number of amides is 1. The van der Waals surface area contributed by atoms with Crippen LogP contribution in [0.1, 0.15) is 5.56 Å². The number of hydrogen-bond donors (Lipinski definition) is 3. The van der Waals surface area contributed by atoms with Gasteiger partial charge < -0.3 is 10.3 Å². The monoisotopic (exact) mass is 349 g/mol. The van der Waals surface area contributed by atoms with E-state index in [4.69, 9.17) is 11.6 Å². The second-order valence-corrected chi connectivity index (χ2v) is 6.16. The molecule has 0 aliphatic heterocycles. The average molecular weight is 350 g/mol. The van der Waals surface area contributed by atoms with E-state index in [-0.39, 0.29) is 17.2 Å². The van der Waals surface area contributed by atoms with Crippen molar-refractivity contribution in [3.63, 3.8) is 0 Å². The highest BCUT2D eigenvalue weighted by Crippen LogP contribution is 2.23. The van der Waals surface area contributed by atoms with Crippen LogP contribution in [0, 0.1) is 6.92 Å². The highest BCUT2D eigenvalue weighted by molar-refractivity contribution is 7.99. The van der Waals surface area contributed by atoms with Crippen LogP contribution >= 0.6 is 23.4 Å². The maximum atomic E-state index is 12.0. The molecule has 2 aromatic heterocycles. The quantitative estimate of drug-likeness (QED) is 0.495. The molecule has 0 atom stereocenters. The number of benzene rings is 1. The Morgan fingerprint density at radius 3 is 3.04 bits per heavy atom. The van der Waals surface area contributed by atoms with Gasteiger partial charge in [0.15, 0.2) is 16.3 Å². The molecule has 0 fully saturated rings. The average Bonchev–Trinajstić information content (AvgIpc) is 2.97. The third kappa shape index (κ3) is 3.54. The van der Waals surface area contributed by atoms with Crippen LogP contribution in [-0.2, 0) is 4.79 Å². The normalized spacial score (nSPS) is 10.9. The van der Waals surface area contributed by atoms with Crippen LogP contribution in [0.2, 0.25) is 5.02 Å². The Bertz CT molecular complexity index is 936. The van der Waals surface area contributed by atoms with Crippen LogP contribution in [0.15, 0.2) is 34.5 Å². The SMILES string of the molecule is Cc1ccc(NC(=O)CSc2nc3nc[nH]c3c(=O)[nH]2)c(Cl)c1. The van der Waals surface area contributed by atoms with Gasteiger partial charge in [-0.3, -0.25) is 14.6 Å². The molecule has 23 heavy (non-hydrogen) atoms. The Kier molecular flexibility index (Phi) is 4.35. The number of aromatic nitrogens is 4. The first-order valence-electron chi connectivity index (χ1n) is 6.65. The fourth-order valence-corrected chi connectivity index (χ4v) is 2.87. The summed E-state index contributed by atoms with van der Waals surface area (Å²) in [5, 5.41) is 3.53. The lowest BCUT2D eigenvalue weighted by molar-refractivity contribution is -0.113.